The van der Waals surface area contributed by atoms with Crippen LogP contribution in [0.25, 0.3) is 0 Å². The van der Waals surface area contributed by atoms with E-state index in [-0.39, 0.29) is 11.3 Å². The van der Waals surface area contributed by atoms with Crippen molar-refractivity contribution in [2.45, 2.75) is 53.0 Å². The molecule has 0 aromatic carbocycles. The standard InChI is InChI=1S/C18H25BrN4O2/c1-18(2,3)12-5-6-15-14(9-12)16(22-25-15)17(24)20-7-4-8-23-11-13(19)10-21-23/h10-12H,4-9H2,1-3H3,(H,20,24). The lowest BCUT2D eigenvalue weighted by Gasteiger charge is -2.33. The molecule has 1 aliphatic rings. The van der Waals surface area contributed by atoms with E-state index >= 15 is 0 Å². The number of aromatic nitrogens is 3. The average molecular weight is 409 g/mol. The summed E-state index contributed by atoms with van der Waals surface area (Å²) in [6, 6.07) is 0. The average Bonchev–Trinajstić information content (AvgIpc) is 3.16. The number of fused-ring (bicyclic) bond motifs is 1. The summed E-state index contributed by atoms with van der Waals surface area (Å²) in [5.41, 5.74) is 1.69. The Hall–Kier alpha value is -1.63. The molecule has 1 N–H and O–H groups in total. The molecule has 0 radical (unpaired) electrons. The predicted molar refractivity (Wildman–Crippen MR) is 98.4 cm³/mol. The molecule has 6 nitrogen and oxygen atoms in total. The molecule has 1 atom stereocenters. The first kappa shape index (κ1) is 18.2. The zero-order valence-electron chi connectivity index (χ0n) is 15.0. The van der Waals surface area contributed by atoms with Gasteiger partial charge in [0.05, 0.1) is 10.7 Å². The van der Waals surface area contributed by atoms with Crippen molar-refractivity contribution in [2.24, 2.45) is 11.3 Å². The topological polar surface area (TPSA) is 73.0 Å². The van der Waals surface area contributed by atoms with E-state index in [1.807, 2.05) is 10.9 Å². The quantitative estimate of drug-likeness (QED) is 0.766. The van der Waals surface area contributed by atoms with Crippen LogP contribution < -0.4 is 5.32 Å². The van der Waals surface area contributed by atoms with Gasteiger partial charge in [-0.3, -0.25) is 9.48 Å². The Morgan fingerprint density at radius 2 is 2.28 bits per heavy atom. The minimum absolute atomic E-state index is 0.138. The number of hydrogen-bond acceptors (Lipinski definition) is 4. The van der Waals surface area contributed by atoms with Crippen molar-refractivity contribution in [3.63, 3.8) is 0 Å². The zero-order chi connectivity index (χ0) is 18.0. The molecule has 0 saturated carbocycles. The van der Waals surface area contributed by atoms with Crippen molar-refractivity contribution in [1.29, 1.82) is 0 Å². The highest BCUT2D eigenvalue weighted by Gasteiger charge is 2.33. The molecule has 0 aliphatic heterocycles. The Morgan fingerprint density at radius 1 is 1.48 bits per heavy atom. The van der Waals surface area contributed by atoms with Crippen molar-refractivity contribution in [3.8, 4) is 0 Å². The molecular weight excluding hydrogens is 384 g/mol. The van der Waals surface area contributed by atoms with Gasteiger partial charge in [0.15, 0.2) is 5.69 Å². The van der Waals surface area contributed by atoms with E-state index in [0.29, 0.717) is 18.2 Å². The Labute approximate surface area is 156 Å². The van der Waals surface area contributed by atoms with Crippen LogP contribution in [0.15, 0.2) is 21.4 Å². The van der Waals surface area contributed by atoms with Gasteiger partial charge in [0.25, 0.3) is 5.91 Å². The lowest BCUT2D eigenvalue weighted by atomic mass is 9.71. The first-order valence-electron chi connectivity index (χ1n) is 8.78. The van der Waals surface area contributed by atoms with E-state index in [0.717, 1.165) is 48.0 Å². The fourth-order valence-corrected chi connectivity index (χ4v) is 3.64. The summed E-state index contributed by atoms with van der Waals surface area (Å²) in [4.78, 5) is 12.5. The van der Waals surface area contributed by atoms with Crippen LogP contribution in [0.5, 0.6) is 0 Å². The van der Waals surface area contributed by atoms with Crippen LogP contribution in [0, 0.1) is 11.3 Å². The van der Waals surface area contributed by atoms with Gasteiger partial charge in [-0.15, -0.1) is 0 Å². The minimum Gasteiger partial charge on any atom is -0.360 e. The van der Waals surface area contributed by atoms with Gasteiger partial charge < -0.3 is 9.84 Å². The van der Waals surface area contributed by atoms with Crippen LogP contribution in [0.4, 0.5) is 0 Å². The second-order valence-corrected chi connectivity index (χ2v) is 8.69. The van der Waals surface area contributed by atoms with Crippen molar-refractivity contribution in [1.82, 2.24) is 20.3 Å². The molecular formula is C18H25BrN4O2. The van der Waals surface area contributed by atoms with Crippen molar-refractivity contribution < 1.29 is 9.32 Å². The summed E-state index contributed by atoms with van der Waals surface area (Å²) in [6.45, 7) is 8.10. The summed E-state index contributed by atoms with van der Waals surface area (Å²) in [5.74, 6) is 1.29. The van der Waals surface area contributed by atoms with Crippen LogP contribution in [0.2, 0.25) is 0 Å². The van der Waals surface area contributed by atoms with Gasteiger partial charge in [0.1, 0.15) is 5.76 Å². The molecule has 2 heterocycles. The van der Waals surface area contributed by atoms with Gasteiger partial charge >= 0.3 is 0 Å². The smallest absolute Gasteiger partial charge is 0.273 e. The van der Waals surface area contributed by atoms with E-state index in [9.17, 15) is 4.79 Å². The van der Waals surface area contributed by atoms with E-state index in [2.05, 4.69) is 52.3 Å². The normalized spacial score (nSPS) is 17.4. The number of carbonyl (C=O) groups is 1. The van der Waals surface area contributed by atoms with Crippen molar-refractivity contribution >= 4 is 21.8 Å². The van der Waals surface area contributed by atoms with Crippen LogP contribution >= 0.6 is 15.9 Å². The molecule has 0 spiro atoms. The van der Waals surface area contributed by atoms with Gasteiger partial charge in [-0.25, -0.2) is 0 Å². The van der Waals surface area contributed by atoms with Crippen molar-refractivity contribution in [2.75, 3.05) is 6.54 Å². The highest BCUT2D eigenvalue weighted by atomic mass is 79.9. The molecule has 2 aromatic heterocycles. The number of hydrogen-bond donors (Lipinski definition) is 1. The van der Waals surface area contributed by atoms with E-state index in [4.69, 9.17) is 4.52 Å². The largest absolute Gasteiger partial charge is 0.360 e. The Kier molecular flexibility index (Phi) is 5.32. The number of carbonyl (C=O) groups excluding carboxylic acids is 1. The third kappa shape index (κ3) is 4.32. The van der Waals surface area contributed by atoms with Crippen molar-refractivity contribution in [3.05, 3.63) is 33.9 Å². The molecule has 136 valence electrons. The Morgan fingerprint density at radius 3 is 2.96 bits per heavy atom. The molecule has 2 aromatic rings. The number of rotatable bonds is 5. The third-order valence-corrected chi connectivity index (χ3v) is 5.34. The molecule has 1 amide bonds. The summed E-state index contributed by atoms with van der Waals surface area (Å²) >= 11 is 3.37. The number of amides is 1. The van der Waals surface area contributed by atoms with Crippen LogP contribution in [-0.4, -0.2) is 27.4 Å². The summed E-state index contributed by atoms with van der Waals surface area (Å²) in [6.07, 6.45) is 7.31. The molecule has 0 fully saturated rings. The maximum atomic E-state index is 12.5. The Balaban J connectivity index is 1.55. The fourth-order valence-electron chi connectivity index (χ4n) is 3.31. The molecule has 0 bridgehead atoms. The number of aryl methyl sites for hydroxylation is 2. The molecule has 1 aliphatic carbocycles. The minimum atomic E-state index is -0.138. The summed E-state index contributed by atoms with van der Waals surface area (Å²) < 4.78 is 8.22. The molecule has 25 heavy (non-hydrogen) atoms. The maximum absolute atomic E-state index is 12.5. The zero-order valence-corrected chi connectivity index (χ0v) is 16.6. The highest BCUT2D eigenvalue weighted by molar-refractivity contribution is 9.10. The van der Waals surface area contributed by atoms with Crippen LogP contribution in [0.1, 0.15) is 55.4 Å². The van der Waals surface area contributed by atoms with Gasteiger partial charge in [0, 0.05) is 31.3 Å². The van der Waals surface area contributed by atoms with E-state index in [1.165, 1.54) is 0 Å². The number of nitrogens with zero attached hydrogens (tertiary/aromatic N) is 3. The van der Waals surface area contributed by atoms with Gasteiger partial charge in [-0.05, 0) is 46.5 Å². The molecule has 3 rings (SSSR count). The van der Waals surface area contributed by atoms with Crippen LogP contribution in [0.3, 0.4) is 0 Å². The molecule has 7 heteroatoms. The summed E-state index contributed by atoms with van der Waals surface area (Å²) in [7, 11) is 0. The Bertz CT molecular complexity index is 745. The van der Waals surface area contributed by atoms with Gasteiger partial charge in [0.2, 0.25) is 0 Å². The first-order chi connectivity index (χ1) is 11.8. The summed E-state index contributed by atoms with van der Waals surface area (Å²) in [5, 5.41) is 11.2. The lowest BCUT2D eigenvalue weighted by Crippen LogP contribution is -2.30. The number of halogens is 1. The maximum Gasteiger partial charge on any atom is 0.273 e. The highest BCUT2D eigenvalue weighted by Crippen LogP contribution is 2.38. The predicted octanol–water partition coefficient (Wildman–Crippen LogP) is 3.60. The van der Waals surface area contributed by atoms with E-state index in [1.54, 1.807) is 6.20 Å². The lowest BCUT2D eigenvalue weighted by molar-refractivity contribution is 0.0942. The second kappa shape index (κ2) is 7.32. The third-order valence-electron chi connectivity index (χ3n) is 4.93. The fraction of sp³-hybridized carbons (Fsp3) is 0.611. The molecule has 0 saturated heterocycles. The number of nitrogens with one attached hydrogen (secondary N) is 1. The van der Waals surface area contributed by atoms with E-state index < -0.39 is 0 Å². The van der Waals surface area contributed by atoms with Crippen LogP contribution in [-0.2, 0) is 19.4 Å². The SMILES string of the molecule is CC(C)(C)C1CCc2onc(C(=O)NCCCn3cc(Br)cn3)c2C1. The monoisotopic (exact) mass is 408 g/mol. The van der Waals surface area contributed by atoms with Gasteiger partial charge in [-0.1, -0.05) is 25.9 Å². The first-order valence-corrected chi connectivity index (χ1v) is 9.57. The van der Waals surface area contributed by atoms with Gasteiger partial charge in [-0.2, -0.15) is 5.10 Å². The molecule has 1 unspecified atom stereocenters. The second-order valence-electron chi connectivity index (χ2n) is 7.77.